The average molecular weight is 568 g/mol. The predicted molar refractivity (Wildman–Crippen MR) is 135 cm³/mol. The van der Waals surface area contributed by atoms with E-state index in [-0.39, 0.29) is 34.6 Å². The Balaban J connectivity index is 1.42. The number of oxime groups is 1. The van der Waals surface area contributed by atoms with Crippen molar-refractivity contribution >= 4 is 64.2 Å². The van der Waals surface area contributed by atoms with Crippen molar-refractivity contribution < 1.29 is 38.7 Å². The number of aliphatic carboxylic acids is 1. The van der Waals surface area contributed by atoms with Crippen LogP contribution in [-0.4, -0.2) is 125 Å². The van der Waals surface area contributed by atoms with Crippen molar-refractivity contribution in [2.24, 2.45) is 5.16 Å². The highest BCUT2D eigenvalue weighted by Gasteiger charge is 2.54. The normalized spacial score (nSPS) is 21.8. The Hall–Kier alpha value is -3.70. The first-order chi connectivity index (χ1) is 18.2. The fraction of sp³-hybridized carbons (Fsp3) is 0.476. The minimum absolute atomic E-state index is 0.120. The number of ether oxygens (including phenoxy) is 1. The van der Waals surface area contributed by atoms with Gasteiger partial charge in [0.2, 0.25) is 6.41 Å². The molecule has 0 spiro atoms. The van der Waals surface area contributed by atoms with Crippen LogP contribution in [-0.2, 0) is 28.8 Å². The van der Waals surface area contributed by atoms with Gasteiger partial charge >= 0.3 is 12.1 Å². The average Bonchev–Trinajstić information content (AvgIpc) is 3.36. The first kappa shape index (κ1) is 27.3. The van der Waals surface area contributed by atoms with E-state index in [1.165, 1.54) is 24.3 Å². The van der Waals surface area contributed by atoms with Crippen LogP contribution in [0.3, 0.4) is 0 Å². The molecule has 0 aliphatic carbocycles. The van der Waals surface area contributed by atoms with Crippen molar-refractivity contribution in [1.82, 2.24) is 25.0 Å². The smallest absolute Gasteiger partial charge is 0.410 e. The van der Waals surface area contributed by atoms with Crippen molar-refractivity contribution in [3.63, 3.8) is 0 Å². The summed E-state index contributed by atoms with van der Waals surface area (Å²) in [6.07, 6.45) is -0.103. The molecule has 2 atom stereocenters. The van der Waals surface area contributed by atoms with Gasteiger partial charge in [-0.25, -0.2) is 14.6 Å². The number of carbonyl (C=O) groups excluding carboxylic acids is 4. The lowest BCUT2D eigenvalue weighted by Crippen LogP contribution is -2.71. The molecule has 4 heterocycles. The Labute approximate surface area is 224 Å². The molecular formula is C21H25N7O8S2. The molecular weight excluding hydrogens is 542 g/mol. The molecule has 2 fully saturated rings. The van der Waals surface area contributed by atoms with Gasteiger partial charge in [-0.2, -0.15) is 0 Å². The molecule has 204 valence electrons. The van der Waals surface area contributed by atoms with E-state index in [0.717, 1.165) is 16.2 Å². The molecule has 4 rings (SSSR count). The summed E-state index contributed by atoms with van der Waals surface area (Å²) in [5, 5.41) is 19.5. The Morgan fingerprint density at radius 2 is 2.03 bits per heavy atom. The predicted octanol–water partition coefficient (Wildman–Crippen LogP) is -0.815. The number of amides is 4. The minimum Gasteiger partial charge on any atom is -0.477 e. The summed E-state index contributed by atoms with van der Waals surface area (Å²) in [6, 6.07) is -1.02. The van der Waals surface area contributed by atoms with Crippen molar-refractivity contribution in [1.29, 1.82) is 0 Å². The maximum Gasteiger partial charge on any atom is 0.410 e. The number of carboxylic acids is 1. The maximum absolute atomic E-state index is 13.0. The monoisotopic (exact) mass is 567 g/mol. The molecule has 3 aliphatic rings. The molecule has 0 saturated carbocycles. The van der Waals surface area contributed by atoms with Gasteiger partial charge in [0.1, 0.15) is 36.5 Å². The number of piperazine rings is 1. The zero-order chi connectivity index (χ0) is 27.4. The van der Waals surface area contributed by atoms with Crippen molar-refractivity contribution in [2.45, 2.75) is 11.4 Å². The molecule has 0 bridgehead atoms. The van der Waals surface area contributed by atoms with E-state index in [9.17, 15) is 29.1 Å². The Bertz CT molecular complexity index is 1190. The lowest BCUT2D eigenvalue weighted by molar-refractivity contribution is -0.150. The van der Waals surface area contributed by atoms with Crippen LogP contribution in [0.2, 0.25) is 0 Å². The largest absolute Gasteiger partial charge is 0.477 e. The van der Waals surface area contributed by atoms with Crippen LogP contribution in [0.5, 0.6) is 0 Å². The number of rotatable bonds is 9. The lowest BCUT2D eigenvalue weighted by atomic mass is 10.0. The first-order valence-corrected chi connectivity index (χ1v) is 13.3. The molecule has 4 amide bonds. The quantitative estimate of drug-likeness (QED) is 0.147. The third kappa shape index (κ3) is 5.58. The molecule has 3 N–H and O–H groups in total. The van der Waals surface area contributed by atoms with Crippen LogP contribution in [0.4, 0.5) is 9.93 Å². The Kier molecular flexibility index (Phi) is 8.48. The minimum atomic E-state index is -1.33. The molecule has 0 radical (unpaired) electrons. The number of nitrogens with one attached hydrogen (secondary N) is 2. The molecule has 17 heteroatoms. The number of carbonyl (C=O) groups is 5. The molecule has 1 aromatic rings. The van der Waals surface area contributed by atoms with Gasteiger partial charge in [-0.05, 0) is 7.05 Å². The van der Waals surface area contributed by atoms with Crippen LogP contribution in [0.15, 0.2) is 21.8 Å². The second-order valence-electron chi connectivity index (χ2n) is 8.39. The molecule has 2 saturated heterocycles. The van der Waals surface area contributed by atoms with Gasteiger partial charge < -0.3 is 35.1 Å². The number of thiazole rings is 1. The van der Waals surface area contributed by atoms with Gasteiger partial charge in [-0.3, -0.25) is 19.3 Å². The second-order valence-corrected chi connectivity index (χ2v) is 10.3. The highest BCUT2D eigenvalue weighted by molar-refractivity contribution is 8.00. The van der Waals surface area contributed by atoms with E-state index in [1.807, 2.05) is 7.05 Å². The van der Waals surface area contributed by atoms with Gasteiger partial charge in [0.05, 0.1) is 0 Å². The number of thioether (sulfide) groups is 1. The summed E-state index contributed by atoms with van der Waals surface area (Å²) in [7, 11) is 3.19. The van der Waals surface area contributed by atoms with E-state index in [2.05, 4.69) is 25.7 Å². The number of likely N-dealkylation sites (N-methyl/N-ethyl adjacent to an activating group) is 1. The SMILES string of the molecule is CON=C(C(=O)NC1C(=O)N2C(C(=O)O)=C(COC(=O)N3CCN(C)CC3)CS[C@@H]12)c1csc(NC=O)n1. The van der Waals surface area contributed by atoms with Gasteiger partial charge in [0, 0.05) is 42.9 Å². The summed E-state index contributed by atoms with van der Waals surface area (Å²) in [5.41, 5.74) is -0.0709. The molecule has 0 aromatic carbocycles. The topological polar surface area (TPSA) is 183 Å². The van der Waals surface area contributed by atoms with Crippen molar-refractivity contribution in [3.05, 3.63) is 22.3 Å². The zero-order valence-corrected chi connectivity index (χ0v) is 22.0. The molecule has 1 unspecified atom stereocenters. The number of β-lactam (4-membered cyclic amide) rings is 1. The number of hydrogen-bond acceptors (Lipinski definition) is 12. The highest BCUT2D eigenvalue weighted by atomic mass is 32.2. The zero-order valence-electron chi connectivity index (χ0n) is 20.4. The van der Waals surface area contributed by atoms with E-state index >= 15 is 0 Å². The first-order valence-electron chi connectivity index (χ1n) is 11.3. The summed E-state index contributed by atoms with van der Waals surface area (Å²) in [5.74, 6) is -2.54. The van der Waals surface area contributed by atoms with Crippen molar-refractivity contribution in [2.75, 3.05) is 58.0 Å². The number of nitrogens with zero attached hydrogens (tertiary/aromatic N) is 5. The number of anilines is 1. The number of hydrogen-bond donors (Lipinski definition) is 3. The third-order valence-electron chi connectivity index (χ3n) is 5.99. The van der Waals surface area contributed by atoms with Crippen LogP contribution in [0, 0.1) is 0 Å². The van der Waals surface area contributed by atoms with Gasteiger partial charge in [0.25, 0.3) is 11.8 Å². The number of carboxylic acid groups (broad SMARTS) is 1. The van der Waals surface area contributed by atoms with Gasteiger partial charge in [0.15, 0.2) is 10.8 Å². The second kappa shape index (κ2) is 11.8. The van der Waals surface area contributed by atoms with Crippen LogP contribution in [0.25, 0.3) is 0 Å². The molecule has 1 aromatic heterocycles. The fourth-order valence-corrected chi connectivity index (χ4v) is 6.01. The molecule has 3 aliphatic heterocycles. The maximum atomic E-state index is 13.0. The van der Waals surface area contributed by atoms with Crippen LogP contribution < -0.4 is 10.6 Å². The van der Waals surface area contributed by atoms with E-state index in [1.54, 1.807) is 4.90 Å². The van der Waals surface area contributed by atoms with Gasteiger partial charge in [-0.1, -0.05) is 5.16 Å². The van der Waals surface area contributed by atoms with E-state index in [0.29, 0.717) is 38.2 Å². The van der Waals surface area contributed by atoms with Gasteiger partial charge in [-0.15, -0.1) is 23.1 Å². The fourth-order valence-electron chi connectivity index (χ4n) is 4.03. The van der Waals surface area contributed by atoms with Crippen molar-refractivity contribution in [3.8, 4) is 0 Å². The summed E-state index contributed by atoms with van der Waals surface area (Å²) in [6.45, 7) is 2.17. The lowest BCUT2D eigenvalue weighted by Gasteiger charge is -2.49. The summed E-state index contributed by atoms with van der Waals surface area (Å²) >= 11 is 2.30. The van der Waals surface area contributed by atoms with Crippen LogP contribution >= 0.6 is 23.1 Å². The third-order valence-corrected chi connectivity index (χ3v) is 8.11. The standard InChI is InChI=1S/C21H25N7O8S2/c1-26-3-5-27(6-4-26)21(34)36-7-11-8-37-18-14(17(31)28(18)15(11)19(32)33)24-16(30)13(25-35-2)12-9-38-20(23-12)22-10-29/h9-10,14,18H,3-8H2,1-2H3,(H,24,30)(H,32,33)(H,22,23,29)/t14?,18-/m0/s1. The van der Waals surface area contributed by atoms with E-state index < -0.39 is 35.3 Å². The summed E-state index contributed by atoms with van der Waals surface area (Å²) in [4.78, 5) is 74.6. The van der Waals surface area contributed by atoms with Crippen LogP contribution in [0.1, 0.15) is 5.69 Å². The number of aromatic nitrogens is 1. The molecule has 15 nitrogen and oxygen atoms in total. The number of fused-ring (bicyclic) bond motifs is 1. The highest BCUT2D eigenvalue weighted by Crippen LogP contribution is 2.40. The Morgan fingerprint density at radius 1 is 1.29 bits per heavy atom. The Morgan fingerprint density at radius 3 is 2.68 bits per heavy atom. The van der Waals surface area contributed by atoms with E-state index in [4.69, 9.17) is 9.57 Å². The molecule has 38 heavy (non-hydrogen) atoms. The summed E-state index contributed by atoms with van der Waals surface area (Å²) < 4.78 is 5.36.